The fraction of sp³-hybridized carbons (Fsp3) is 0.889. The Morgan fingerprint density at radius 2 is 2.07 bits per heavy atom. The molecule has 5 heteroatoms. The van der Waals surface area contributed by atoms with Gasteiger partial charge in [0.15, 0.2) is 0 Å². The summed E-state index contributed by atoms with van der Waals surface area (Å²) >= 11 is 0. The summed E-state index contributed by atoms with van der Waals surface area (Å²) in [7, 11) is 0. The highest BCUT2D eigenvalue weighted by Crippen LogP contribution is 2.03. The van der Waals surface area contributed by atoms with E-state index in [0.717, 1.165) is 32.8 Å². The van der Waals surface area contributed by atoms with E-state index in [0.29, 0.717) is 6.42 Å². The Kier molecular flexibility index (Phi) is 4.86. The van der Waals surface area contributed by atoms with Gasteiger partial charge >= 0.3 is 5.97 Å². The lowest BCUT2D eigenvalue weighted by Gasteiger charge is -2.27. The lowest BCUT2D eigenvalue weighted by atomic mass is 10.2. The molecule has 0 aromatic carbocycles. The Morgan fingerprint density at radius 1 is 1.43 bits per heavy atom. The Morgan fingerprint density at radius 3 is 2.64 bits per heavy atom. The standard InChI is InChI=1S/C9H17NO4/c11-8(7-9(12)13)1-2-10-3-5-14-6-4-10/h8,11H,1-7H2,(H,12,13). The van der Waals surface area contributed by atoms with Gasteiger partial charge < -0.3 is 14.9 Å². The van der Waals surface area contributed by atoms with Crippen molar-refractivity contribution in [2.45, 2.75) is 18.9 Å². The van der Waals surface area contributed by atoms with E-state index in [4.69, 9.17) is 9.84 Å². The zero-order valence-corrected chi connectivity index (χ0v) is 8.19. The van der Waals surface area contributed by atoms with Crippen LogP contribution < -0.4 is 0 Å². The third-order valence-corrected chi connectivity index (χ3v) is 2.29. The molecule has 0 saturated carbocycles. The summed E-state index contributed by atoms with van der Waals surface area (Å²) in [5, 5.41) is 17.7. The summed E-state index contributed by atoms with van der Waals surface area (Å²) in [6.07, 6.45) is -0.369. The molecule has 0 aromatic rings. The van der Waals surface area contributed by atoms with E-state index >= 15 is 0 Å². The number of carboxylic acid groups (broad SMARTS) is 1. The average molecular weight is 203 g/mol. The highest BCUT2D eigenvalue weighted by molar-refractivity contribution is 5.67. The first kappa shape index (κ1) is 11.4. The fourth-order valence-electron chi connectivity index (χ4n) is 1.46. The first-order valence-corrected chi connectivity index (χ1v) is 4.88. The maximum absolute atomic E-state index is 10.3. The molecule has 1 unspecified atom stereocenters. The van der Waals surface area contributed by atoms with E-state index in [2.05, 4.69) is 4.90 Å². The van der Waals surface area contributed by atoms with Gasteiger partial charge in [-0.2, -0.15) is 0 Å². The number of aliphatic hydroxyl groups is 1. The van der Waals surface area contributed by atoms with Gasteiger partial charge in [-0.3, -0.25) is 9.69 Å². The second-order valence-corrected chi connectivity index (χ2v) is 3.49. The van der Waals surface area contributed by atoms with Crippen molar-refractivity contribution in [1.29, 1.82) is 0 Å². The van der Waals surface area contributed by atoms with Crippen molar-refractivity contribution in [1.82, 2.24) is 4.90 Å². The molecule has 1 rings (SSSR count). The molecule has 1 heterocycles. The SMILES string of the molecule is O=C(O)CC(O)CCN1CCOCC1. The first-order chi connectivity index (χ1) is 6.68. The third kappa shape index (κ3) is 4.55. The number of ether oxygens (including phenoxy) is 1. The fourth-order valence-corrected chi connectivity index (χ4v) is 1.46. The first-order valence-electron chi connectivity index (χ1n) is 4.88. The number of morpholine rings is 1. The molecule has 1 saturated heterocycles. The molecule has 0 bridgehead atoms. The number of aliphatic carboxylic acids is 1. The van der Waals surface area contributed by atoms with Crippen LogP contribution in [0.1, 0.15) is 12.8 Å². The van der Waals surface area contributed by atoms with Crippen molar-refractivity contribution in [3.05, 3.63) is 0 Å². The monoisotopic (exact) mass is 203 g/mol. The zero-order valence-electron chi connectivity index (χ0n) is 8.19. The zero-order chi connectivity index (χ0) is 10.4. The normalized spacial score (nSPS) is 20.6. The number of hydrogen-bond acceptors (Lipinski definition) is 4. The summed E-state index contributed by atoms with van der Waals surface area (Å²) in [5.41, 5.74) is 0. The van der Waals surface area contributed by atoms with Crippen LogP contribution in [0.5, 0.6) is 0 Å². The van der Waals surface area contributed by atoms with Crippen LogP contribution in [0.2, 0.25) is 0 Å². The lowest BCUT2D eigenvalue weighted by molar-refractivity contribution is -0.139. The van der Waals surface area contributed by atoms with Crippen molar-refractivity contribution < 1.29 is 19.7 Å². The second kappa shape index (κ2) is 5.95. The van der Waals surface area contributed by atoms with Crippen molar-refractivity contribution in [2.24, 2.45) is 0 Å². The van der Waals surface area contributed by atoms with Crippen LogP contribution in [0.25, 0.3) is 0 Å². The number of rotatable bonds is 5. The van der Waals surface area contributed by atoms with Gasteiger partial charge in [-0.05, 0) is 6.42 Å². The van der Waals surface area contributed by atoms with E-state index in [1.54, 1.807) is 0 Å². The minimum atomic E-state index is -0.945. The van der Waals surface area contributed by atoms with E-state index in [9.17, 15) is 9.90 Å². The molecule has 2 N–H and O–H groups in total. The van der Waals surface area contributed by atoms with Crippen LogP contribution in [0, 0.1) is 0 Å². The third-order valence-electron chi connectivity index (χ3n) is 2.29. The maximum atomic E-state index is 10.3. The smallest absolute Gasteiger partial charge is 0.305 e. The molecular weight excluding hydrogens is 186 g/mol. The number of aliphatic hydroxyl groups excluding tert-OH is 1. The molecule has 1 aliphatic heterocycles. The maximum Gasteiger partial charge on any atom is 0.305 e. The molecule has 0 aliphatic carbocycles. The molecule has 0 radical (unpaired) electrons. The van der Waals surface area contributed by atoms with Crippen molar-refractivity contribution >= 4 is 5.97 Å². The summed E-state index contributed by atoms with van der Waals surface area (Å²) in [4.78, 5) is 12.4. The van der Waals surface area contributed by atoms with Crippen LogP contribution in [0.4, 0.5) is 0 Å². The molecule has 1 atom stereocenters. The lowest BCUT2D eigenvalue weighted by Crippen LogP contribution is -2.38. The molecule has 0 aromatic heterocycles. The van der Waals surface area contributed by atoms with Crippen LogP contribution in [-0.2, 0) is 9.53 Å². The Balaban J connectivity index is 2.09. The van der Waals surface area contributed by atoms with Gasteiger partial charge in [-0.1, -0.05) is 0 Å². The van der Waals surface area contributed by atoms with Gasteiger partial charge in [0.2, 0.25) is 0 Å². The summed E-state index contributed by atoms with van der Waals surface area (Å²) in [5.74, 6) is -0.945. The summed E-state index contributed by atoms with van der Waals surface area (Å²) < 4.78 is 5.17. The minimum absolute atomic E-state index is 0.162. The van der Waals surface area contributed by atoms with Gasteiger partial charge in [-0.15, -0.1) is 0 Å². The molecule has 1 fully saturated rings. The van der Waals surface area contributed by atoms with Gasteiger partial charge in [0.05, 0.1) is 25.7 Å². The molecule has 0 spiro atoms. The summed E-state index contributed by atoms with van der Waals surface area (Å²) in [6, 6.07) is 0. The van der Waals surface area contributed by atoms with Gasteiger partial charge in [0.1, 0.15) is 0 Å². The van der Waals surface area contributed by atoms with Gasteiger partial charge in [-0.25, -0.2) is 0 Å². The van der Waals surface area contributed by atoms with Crippen molar-refractivity contribution in [3.63, 3.8) is 0 Å². The molecule has 82 valence electrons. The van der Waals surface area contributed by atoms with E-state index in [-0.39, 0.29) is 6.42 Å². The average Bonchev–Trinajstić information content (AvgIpc) is 2.15. The van der Waals surface area contributed by atoms with E-state index in [1.807, 2.05) is 0 Å². The molecule has 14 heavy (non-hydrogen) atoms. The number of carbonyl (C=O) groups is 1. The van der Waals surface area contributed by atoms with E-state index < -0.39 is 12.1 Å². The van der Waals surface area contributed by atoms with Crippen LogP contribution >= 0.6 is 0 Å². The Hall–Kier alpha value is -0.650. The predicted molar refractivity (Wildman–Crippen MR) is 50.1 cm³/mol. The highest BCUT2D eigenvalue weighted by Gasteiger charge is 2.14. The second-order valence-electron chi connectivity index (χ2n) is 3.49. The van der Waals surface area contributed by atoms with Crippen molar-refractivity contribution in [2.75, 3.05) is 32.8 Å². The molecule has 1 aliphatic rings. The highest BCUT2D eigenvalue weighted by atomic mass is 16.5. The number of hydrogen-bond donors (Lipinski definition) is 2. The van der Waals surface area contributed by atoms with Gasteiger partial charge in [0.25, 0.3) is 0 Å². The van der Waals surface area contributed by atoms with Crippen LogP contribution in [0.3, 0.4) is 0 Å². The largest absolute Gasteiger partial charge is 0.481 e. The van der Waals surface area contributed by atoms with Crippen LogP contribution in [-0.4, -0.2) is 60.0 Å². The van der Waals surface area contributed by atoms with Crippen molar-refractivity contribution in [3.8, 4) is 0 Å². The Labute approximate surface area is 83.3 Å². The van der Waals surface area contributed by atoms with Crippen LogP contribution in [0.15, 0.2) is 0 Å². The van der Waals surface area contributed by atoms with Gasteiger partial charge in [0, 0.05) is 19.6 Å². The van der Waals surface area contributed by atoms with E-state index in [1.165, 1.54) is 0 Å². The summed E-state index contributed by atoms with van der Waals surface area (Å²) in [6.45, 7) is 3.96. The molecular formula is C9H17NO4. The quantitative estimate of drug-likeness (QED) is 0.633. The minimum Gasteiger partial charge on any atom is -0.481 e. The predicted octanol–water partition coefficient (Wildman–Crippen LogP) is -0.456. The Bertz CT molecular complexity index is 180. The topological polar surface area (TPSA) is 70.0 Å². The number of carboxylic acids is 1. The molecule has 0 amide bonds. The molecule has 5 nitrogen and oxygen atoms in total. The number of nitrogens with zero attached hydrogens (tertiary/aromatic N) is 1.